The molecule has 5 heteroatoms. The van der Waals surface area contributed by atoms with Crippen molar-refractivity contribution >= 4 is 45.8 Å². The molecule has 2 rings (SSSR count). The van der Waals surface area contributed by atoms with Crippen LogP contribution in [0.25, 0.3) is 0 Å². The zero-order valence-electron chi connectivity index (χ0n) is 8.67. The predicted octanol–water partition coefficient (Wildman–Crippen LogP) is 3.12. The number of anilines is 1. The van der Waals surface area contributed by atoms with Gasteiger partial charge in [-0.25, -0.2) is 4.98 Å². The molecule has 0 unspecified atom stereocenters. The Morgan fingerprint density at radius 3 is 3.06 bits per heavy atom. The number of Topliss-reactive ketones (excluding diaryl/α,β-unsaturated/α-hetero) is 1. The summed E-state index contributed by atoms with van der Waals surface area (Å²) in [6.07, 6.45) is 4.75. The largest absolute Gasteiger partial charge is 0.362 e. The number of hydrogen-bond acceptors (Lipinski definition) is 3. The van der Waals surface area contributed by atoms with Crippen LogP contribution < -0.4 is 5.32 Å². The lowest BCUT2D eigenvalue weighted by Gasteiger charge is -2.07. The molecule has 1 aliphatic carbocycles. The SMILES string of the molecule is O=C(CNc1nccc(Cl)c1I)CC1CC1. The average Bonchev–Trinajstić information content (AvgIpc) is 3.04. The zero-order chi connectivity index (χ0) is 11.5. The molecule has 0 spiro atoms. The van der Waals surface area contributed by atoms with Crippen LogP contribution >= 0.6 is 34.2 Å². The Balaban J connectivity index is 1.88. The summed E-state index contributed by atoms with van der Waals surface area (Å²) in [4.78, 5) is 15.7. The minimum atomic E-state index is 0.250. The maximum atomic E-state index is 11.5. The van der Waals surface area contributed by atoms with Gasteiger partial charge in [-0.1, -0.05) is 11.6 Å². The van der Waals surface area contributed by atoms with E-state index in [0.29, 0.717) is 29.7 Å². The molecule has 1 heterocycles. The topological polar surface area (TPSA) is 42.0 Å². The van der Waals surface area contributed by atoms with Crippen LogP contribution in [-0.4, -0.2) is 17.3 Å². The maximum absolute atomic E-state index is 11.5. The minimum absolute atomic E-state index is 0.250. The first-order chi connectivity index (χ1) is 7.66. The van der Waals surface area contributed by atoms with Gasteiger partial charge in [0.15, 0.2) is 5.78 Å². The Hall–Kier alpha value is -0.360. The molecule has 0 radical (unpaired) electrons. The summed E-state index contributed by atoms with van der Waals surface area (Å²) in [6.45, 7) is 0.347. The molecule has 1 aromatic heterocycles. The molecule has 1 N–H and O–H groups in total. The van der Waals surface area contributed by atoms with E-state index in [4.69, 9.17) is 11.6 Å². The van der Waals surface area contributed by atoms with Crippen LogP contribution in [0.15, 0.2) is 12.3 Å². The van der Waals surface area contributed by atoms with Gasteiger partial charge >= 0.3 is 0 Å². The smallest absolute Gasteiger partial charge is 0.152 e. The van der Waals surface area contributed by atoms with Crippen molar-refractivity contribution < 1.29 is 4.79 Å². The number of hydrogen-bond donors (Lipinski definition) is 1. The van der Waals surface area contributed by atoms with Crippen molar-refractivity contribution in [2.75, 3.05) is 11.9 Å². The van der Waals surface area contributed by atoms with Crippen LogP contribution in [0.5, 0.6) is 0 Å². The number of carbonyl (C=O) groups is 1. The Labute approximate surface area is 113 Å². The van der Waals surface area contributed by atoms with Gasteiger partial charge in [-0.15, -0.1) is 0 Å². The van der Waals surface area contributed by atoms with E-state index >= 15 is 0 Å². The standard InChI is InChI=1S/C11H12ClIN2O/c12-9-3-4-14-11(10(9)13)15-6-8(16)5-7-1-2-7/h3-4,7H,1-2,5-6H2,(H,14,15). The van der Waals surface area contributed by atoms with Gasteiger partial charge in [-0.3, -0.25) is 4.79 Å². The Kier molecular flexibility index (Phi) is 4.02. The third-order valence-electron chi connectivity index (χ3n) is 2.51. The second-order valence-electron chi connectivity index (χ2n) is 4.00. The molecule has 1 fully saturated rings. The van der Waals surface area contributed by atoms with Crippen molar-refractivity contribution in [3.05, 3.63) is 20.9 Å². The number of nitrogens with zero attached hydrogens (tertiary/aromatic N) is 1. The van der Waals surface area contributed by atoms with Crippen LogP contribution in [0, 0.1) is 9.49 Å². The van der Waals surface area contributed by atoms with E-state index < -0.39 is 0 Å². The molecule has 86 valence electrons. The lowest BCUT2D eigenvalue weighted by Crippen LogP contribution is -2.15. The number of pyridine rings is 1. The number of halogens is 2. The number of ketones is 1. The number of rotatable bonds is 5. The second kappa shape index (κ2) is 5.31. The Morgan fingerprint density at radius 2 is 2.38 bits per heavy atom. The Bertz CT molecular complexity index is 407. The fourth-order valence-corrected chi connectivity index (χ4v) is 2.10. The summed E-state index contributed by atoms with van der Waals surface area (Å²) in [5.41, 5.74) is 0. The van der Waals surface area contributed by atoms with Gasteiger partial charge in [0, 0.05) is 12.6 Å². The molecular weight excluding hydrogens is 338 g/mol. The van der Waals surface area contributed by atoms with Gasteiger partial charge in [-0.2, -0.15) is 0 Å². The molecule has 3 nitrogen and oxygen atoms in total. The van der Waals surface area contributed by atoms with Crippen molar-refractivity contribution in [3.8, 4) is 0 Å². The summed E-state index contributed by atoms with van der Waals surface area (Å²) in [7, 11) is 0. The normalized spacial score (nSPS) is 14.9. The average molecular weight is 351 g/mol. The first-order valence-electron chi connectivity index (χ1n) is 5.22. The fraction of sp³-hybridized carbons (Fsp3) is 0.455. The van der Waals surface area contributed by atoms with E-state index in [0.717, 1.165) is 3.57 Å². The van der Waals surface area contributed by atoms with Crippen LogP contribution in [0.1, 0.15) is 19.3 Å². The summed E-state index contributed by atoms with van der Waals surface area (Å²) >= 11 is 8.07. The van der Waals surface area contributed by atoms with Gasteiger partial charge in [0.25, 0.3) is 0 Å². The van der Waals surface area contributed by atoms with E-state index in [1.807, 2.05) is 0 Å². The van der Waals surface area contributed by atoms with Gasteiger partial charge in [0.2, 0.25) is 0 Å². The highest BCUT2D eigenvalue weighted by atomic mass is 127. The van der Waals surface area contributed by atoms with Crippen LogP contribution in [0.2, 0.25) is 5.02 Å². The molecule has 1 aliphatic rings. The third kappa shape index (κ3) is 3.31. The van der Waals surface area contributed by atoms with Crippen molar-refractivity contribution in [2.45, 2.75) is 19.3 Å². The predicted molar refractivity (Wildman–Crippen MR) is 72.8 cm³/mol. The van der Waals surface area contributed by atoms with Crippen molar-refractivity contribution in [1.82, 2.24) is 4.98 Å². The molecule has 0 aromatic carbocycles. The molecule has 0 amide bonds. The monoisotopic (exact) mass is 350 g/mol. The summed E-state index contributed by atoms with van der Waals surface area (Å²) in [6, 6.07) is 1.74. The van der Waals surface area contributed by atoms with Gasteiger partial charge < -0.3 is 5.32 Å². The molecule has 1 saturated carbocycles. The van der Waals surface area contributed by atoms with Crippen LogP contribution in [-0.2, 0) is 4.79 Å². The highest BCUT2D eigenvalue weighted by Gasteiger charge is 2.24. The van der Waals surface area contributed by atoms with E-state index in [9.17, 15) is 4.79 Å². The van der Waals surface area contributed by atoms with E-state index in [1.54, 1.807) is 12.3 Å². The van der Waals surface area contributed by atoms with Crippen molar-refractivity contribution in [2.24, 2.45) is 5.92 Å². The molecule has 0 aliphatic heterocycles. The van der Waals surface area contributed by atoms with E-state index in [-0.39, 0.29) is 5.78 Å². The van der Waals surface area contributed by atoms with Crippen molar-refractivity contribution in [3.63, 3.8) is 0 Å². The van der Waals surface area contributed by atoms with Crippen molar-refractivity contribution in [1.29, 1.82) is 0 Å². The summed E-state index contributed by atoms with van der Waals surface area (Å²) in [5, 5.41) is 3.69. The molecule has 0 atom stereocenters. The van der Waals surface area contributed by atoms with Gasteiger partial charge in [0.1, 0.15) is 5.82 Å². The van der Waals surface area contributed by atoms with Crippen LogP contribution in [0.4, 0.5) is 5.82 Å². The molecule has 1 aromatic rings. The molecule has 0 bridgehead atoms. The van der Waals surface area contributed by atoms with E-state index in [2.05, 4.69) is 32.9 Å². The fourth-order valence-electron chi connectivity index (χ4n) is 1.44. The number of nitrogens with one attached hydrogen (secondary N) is 1. The second-order valence-corrected chi connectivity index (χ2v) is 5.48. The molecular formula is C11H12ClIN2O. The maximum Gasteiger partial charge on any atom is 0.152 e. The lowest BCUT2D eigenvalue weighted by molar-refractivity contribution is -0.117. The zero-order valence-corrected chi connectivity index (χ0v) is 11.6. The van der Waals surface area contributed by atoms with Gasteiger partial charge in [0.05, 0.1) is 15.1 Å². The highest BCUT2D eigenvalue weighted by molar-refractivity contribution is 14.1. The quantitative estimate of drug-likeness (QED) is 0.830. The first-order valence-corrected chi connectivity index (χ1v) is 6.68. The molecule has 0 saturated heterocycles. The molecule has 16 heavy (non-hydrogen) atoms. The number of aromatic nitrogens is 1. The van der Waals surface area contributed by atoms with Gasteiger partial charge in [-0.05, 0) is 47.4 Å². The summed E-state index contributed by atoms with van der Waals surface area (Å²) in [5.74, 6) is 1.58. The minimum Gasteiger partial charge on any atom is -0.362 e. The highest BCUT2D eigenvalue weighted by Crippen LogP contribution is 2.32. The number of carbonyl (C=O) groups excluding carboxylic acids is 1. The first kappa shape index (κ1) is 12.1. The lowest BCUT2D eigenvalue weighted by atomic mass is 10.2. The Morgan fingerprint density at radius 1 is 1.62 bits per heavy atom. The van der Waals surface area contributed by atoms with Crippen LogP contribution in [0.3, 0.4) is 0 Å². The summed E-state index contributed by atoms with van der Waals surface area (Å²) < 4.78 is 0.862. The third-order valence-corrected chi connectivity index (χ3v) is 4.23. The van der Waals surface area contributed by atoms with E-state index in [1.165, 1.54) is 12.8 Å².